The van der Waals surface area contributed by atoms with E-state index in [0.717, 1.165) is 5.56 Å². The molecule has 0 saturated heterocycles. The number of fused-ring (bicyclic) bond motifs is 2. The van der Waals surface area contributed by atoms with Crippen LogP contribution in [0.1, 0.15) is 11.1 Å². The fraction of sp³-hybridized carbons (Fsp3) is 0.143. The first-order valence-corrected chi connectivity index (χ1v) is 5.65. The summed E-state index contributed by atoms with van der Waals surface area (Å²) in [6, 6.07) is 7.48. The van der Waals surface area contributed by atoms with Gasteiger partial charge in [-0.05, 0) is 36.6 Å². The van der Waals surface area contributed by atoms with Crippen molar-refractivity contribution in [2.45, 2.75) is 12.8 Å². The predicted octanol–water partition coefficient (Wildman–Crippen LogP) is 3.13. The summed E-state index contributed by atoms with van der Waals surface area (Å²) in [5.41, 5.74) is 1.27. The largest absolute Gasteiger partial charge is 0.504 e. The zero-order chi connectivity index (χ0) is 12.7. The summed E-state index contributed by atoms with van der Waals surface area (Å²) in [5.74, 6) is 0.180. The summed E-state index contributed by atoms with van der Waals surface area (Å²) < 4.78 is 19.3. The second-order valence-electron chi connectivity index (χ2n) is 4.27. The predicted molar refractivity (Wildman–Crippen MR) is 63.7 cm³/mol. The molecule has 0 fully saturated rings. The molecular weight excluding hydrogens is 235 g/mol. The number of hydrogen-bond acceptors (Lipinski definition) is 3. The maximum Gasteiger partial charge on any atom is 0.161 e. The average Bonchev–Trinajstić information content (AvgIpc) is 2.50. The highest BCUT2D eigenvalue weighted by molar-refractivity contribution is 5.53. The maximum absolute atomic E-state index is 13.7. The number of benzene rings is 2. The van der Waals surface area contributed by atoms with E-state index in [2.05, 4.69) is 0 Å². The van der Waals surface area contributed by atoms with Crippen molar-refractivity contribution < 1.29 is 19.3 Å². The zero-order valence-corrected chi connectivity index (χ0v) is 9.48. The molecule has 2 aromatic rings. The lowest BCUT2D eigenvalue weighted by Gasteiger charge is -2.10. The molecule has 1 aliphatic rings. The monoisotopic (exact) mass is 246 g/mol. The molecule has 0 saturated carbocycles. The first kappa shape index (κ1) is 10.9. The van der Waals surface area contributed by atoms with E-state index in [0.29, 0.717) is 29.9 Å². The minimum Gasteiger partial charge on any atom is -0.504 e. The minimum atomic E-state index is -0.297. The molecule has 0 spiro atoms. The quantitative estimate of drug-likeness (QED) is 0.702. The molecule has 0 aromatic heterocycles. The second kappa shape index (κ2) is 3.91. The van der Waals surface area contributed by atoms with Gasteiger partial charge in [0, 0.05) is 11.6 Å². The lowest BCUT2D eigenvalue weighted by Crippen LogP contribution is -1.92. The minimum absolute atomic E-state index is 0.191. The van der Waals surface area contributed by atoms with Gasteiger partial charge in [0.15, 0.2) is 11.5 Å². The molecule has 18 heavy (non-hydrogen) atoms. The van der Waals surface area contributed by atoms with Crippen LogP contribution >= 0.6 is 0 Å². The van der Waals surface area contributed by atoms with Gasteiger partial charge in [-0.3, -0.25) is 0 Å². The number of hydrogen-bond donors (Lipinski definition) is 2. The Labute approximate surface area is 103 Å². The van der Waals surface area contributed by atoms with Crippen LogP contribution in [-0.2, 0) is 12.8 Å². The van der Waals surface area contributed by atoms with E-state index in [1.165, 1.54) is 18.2 Å². The van der Waals surface area contributed by atoms with Crippen molar-refractivity contribution in [2.24, 2.45) is 0 Å². The van der Waals surface area contributed by atoms with Gasteiger partial charge in [-0.15, -0.1) is 0 Å². The van der Waals surface area contributed by atoms with E-state index in [4.69, 9.17) is 4.74 Å². The number of phenolic OH excluding ortho intramolecular Hbond substituents is 2. The van der Waals surface area contributed by atoms with E-state index in [1.807, 2.05) is 0 Å². The lowest BCUT2D eigenvalue weighted by molar-refractivity contribution is 0.396. The molecule has 0 aliphatic carbocycles. The first-order chi connectivity index (χ1) is 8.65. The summed E-state index contributed by atoms with van der Waals surface area (Å²) in [7, 11) is 0. The molecule has 2 N–H and O–H groups in total. The van der Waals surface area contributed by atoms with Crippen molar-refractivity contribution in [1.82, 2.24) is 0 Å². The molecule has 0 bridgehead atoms. The molecule has 0 radical (unpaired) electrons. The SMILES string of the molecule is Oc1cc2c(cc1O)Oc1cccc(F)c1CC2. The molecular formula is C14H11FO3. The Bertz CT molecular complexity index is 623. The summed E-state index contributed by atoms with van der Waals surface area (Å²) in [6.45, 7) is 0. The van der Waals surface area contributed by atoms with E-state index in [1.54, 1.807) is 12.1 Å². The summed E-state index contributed by atoms with van der Waals surface area (Å²) in [5, 5.41) is 18.9. The smallest absolute Gasteiger partial charge is 0.161 e. The highest BCUT2D eigenvalue weighted by Gasteiger charge is 2.19. The van der Waals surface area contributed by atoms with Gasteiger partial charge >= 0.3 is 0 Å². The summed E-state index contributed by atoms with van der Waals surface area (Å²) >= 11 is 0. The summed E-state index contributed by atoms with van der Waals surface area (Å²) in [6.07, 6.45) is 1.05. The van der Waals surface area contributed by atoms with Gasteiger partial charge in [-0.1, -0.05) is 6.07 Å². The van der Waals surface area contributed by atoms with Gasteiger partial charge in [0.25, 0.3) is 0 Å². The van der Waals surface area contributed by atoms with Crippen LogP contribution in [0.15, 0.2) is 30.3 Å². The molecule has 4 heteroatoms. The third-order valence-corrected chi connectivity index (χ3v) is 3.10. The van der Waals surface area contributed by atoms with Crippen LogP contribution in [-0.4, -0.2) is 10.2 Å². The number of aryl methyl sites for hydroxylation is 1. The number of phenols is 2. The Morgan fingerprint density at radius 2 is 1.78 bits per heavy atom. The molecule has 0 unspecified atom stereocenters. The van der Waals surface area contributed by atoms with Gasteiger partial charge in [-0.25, -0.2) is 4.39 Å². The molecule has 1 heterocycles. The van der Waals surface area contributed by atoms with Gasteiger partial charge in [0.05, 0.1) is 0 Å². The maximum atomic E-state index is 13.7. The van der Waals surface area contributed by atoms with E-state index in [9.17, 15) is 14.6 Å². The number of rotatable bonds is 0. The number of ether oxygens (including phenoxy) is 1. The molecule has 3 rings (SSSR count). The Hall–Kier alpha value is -2.23. The Morgan fingerprint density at radius 3 is 2.61 bits per heavy atom. The van der Waals surface area contributed by atoms with Crippen LogP contribution in [0.3, 0.4) is 0 Å². The molecule has 92 valence electrons. The first-order valence-electron chi connectivity index (χ1n) is 5.65. The van der Waals surface area contributed by atoms with Crippen molar-refractivity contribution in [3.63, 3.8) is 0 Å². The van der Waals surface area contributed by atoms with Gasteiger partial charge in [-0.2, -0.15) is 0 Å². The second-order valence-corrected chi connectivity index (χ2v) is 4.27. The fourth-order valence-corrected chi connectivity index (χ4v) is 2.15. The van der Waals surface area contributed by atoms with Crippen molar-refractivity contribution in [3.8, 4) is 23.0 Å². The van der Waals surface area contributed by atoms with Crippen molar-refractivity contribution >= 4 is 0 Å². The van der Waals surface area contributed by atoms with Gasteiger partial charge < -0.3 is 14.9 Å². The van der Waals surface area contributed by atoms with Crippen LogP contribution in [0.25, 0.3) is 0 Å². The normalized spacial score (nSPS) is 13.2. The molecule has 3 nitrogen and oxygen atoms in total. The highest BCUT2D eigenvalue weighted by atomic mass is 19.1. The van der Waals surface area contributed by atoms with Crippen LogP contribution in [0.4, 0.5) is 4.39 Å². The fourth-order valence-electron chi connectivity index (χ4n) is 2.15. The topological polar surface area (TPSA) is 49.7 Å². The third-order valence-electron chi connectivity index (χ3n) is 3.10. The van der Waals surface area contributed by atoms with E-state index >= 15 is 0 Å². The van der Waals surface area contributed by atoms with E-state index in [-0.39, 0.29) is 17.3 Å². The van der Waals surface area contributed by atoms with Crippen LogP contribution < -0.4 is 4.74 Å². The van der Waals surface area contributed by atoms with Crippen molar-refractivity contribution in [1.29, 1.82) is 0 Å². The molecule has 0 amide bonds. The average molecular weight is 246 g/mol. The van der Waals surface area contributed by atoms with Crippen molar-refractivity contribution in [3.05, 3.63) is 47.3 Å². The molecule has 2 aromatic carbocycles. The summed E-state index contributed by atoms with van der Waals surface area (Å²) in [4.78, 5) is 0. The van der Waals surface area contributed by atoms with E-state index < -0.39 is 0 Å². The lowest BCUT2D eigenvalue weighted by atomic mass is 10.0. The van der Waals surface area contributed by atoms with Gasteiger partial charge in [0.1, 0.15) is 17.3 Å². The van der Waals surface area contributed by atoms with Crippen LogP contribution in [0.5, 0.6) is 23.0 Å². The van der Waals surface area contributed by atoms with Crippen LogP contribution in [0.2, 0.25) is 0 Å². The van der Waals surface area contributed by atoms with Crippen molar-refractivity contribution in [2.75, 3.05) is 0 Å². The van der Waals surface area contributed by atoms with Gasteiger partial charge in [0.2, 0.25) is 0 Å². The Kier molecular flexibility index (Phi) is 2.37. The Balaban J connectivity index is 2.12. The molecule has 0 atom stereocenters. The van der Waals surface area contributed by atoms with Crippen LogP contribution in [0, 0.1) is 5.82 Å². The third kappa shape index (κ3) is 1.66. The standard InChI is InChI=1S/C14H11FO3/c15-10-2-1-3-13-9(10)5-4-8-6-11(16)12(17)7-14(8)18-13/h1-3,6-7,16-17H,4-5H2. The highest BCUT2D eigenvalue weighted by Crippen LogP contribution is 2.39. The molecule has 1 aliphatic heterocycles. The number of halogens is 1. The number of aromatic hydroxyl groups is 2. The Morgan fingerprint density at radius 1 is 1.00 bits per heavy atom. The zero-order valence-electron chi connectivity index (χ0n) is 9.48.